The average Bonchev–Trinajstić information content (AvgIpc) is 3.45. The lowest BCUT2D eigenvalue weighted by Crippen LogP contribution is -2.25. The number of hydrogen-bond donors (Lipinski definition) is 1. The lowest BCUT2D eigenvalue weighted by atomic mass is 10.1. The van der Waals surface area contributed by atoms with E-state index in [0.717, 1.165) is 11.3 Å². The van der Waals surface area contributed by atoms with Crippen molar-refractivity contribution in [1.29, 1.82) is 0 Å². The van der Waals surface area contributed by atoms with Crippen LogP contribution in [0.1, 0.15) is 30.0 Å². The summed E-state index contributed by atoms with van der Waals surface area (Å²) in [5.41, 5.74) is 3.57. The summed E-state index contributed by atoms with van der Waals surface area (Å²) in [5, 5.41) is 6.79. The Morgan fingerprint density at radius 2 is 1.75 bits per heavy atom. The highest BCUT2D eigenvalue weighted by atomic mass is 19.1. The van der Waals surface area contributed by atoms with Crippen molar-refractivity contribution in [2.24, 2.45) is 0 Å². The summed E-state index contributed by atoms with van der Waals surface area (Å²) >= 11 is 0. The Morgan fingerprint density at radius 1 is 1.00 bits per heavy atom. The molecule has 0 aliphatic heterocycles. The molecule has 0 bridgehead atoms. The molecule has 0 aliphatic carbocycles. The van der Waals surface area contributed by atoms with Gasteiger partial charge in [0.2, 0.25) is 23.5 Å². The fraction of sp³-hybridized carbons (Fsp3) is 0.250. The molecule has 164 valence electrons. The van der Waals surface area contributed by atoms with Crippen molar-refractivity contribution >= 4 is 5.91 Å². The van der Waals surface area contributed by atoms with Gasteiger partial charge in [-0.1, -0.05) is 22.9 Å². The van der Waals surface area contributed by atoms with Gasteiger partial charge in [-0.2, -0.15) is 4.98 Å². The maximum atomic E-state index is 13.0. The largest absolute Gasteiger partial charge is 0.444 e. The molecule has 7 nitrogen and oxygen atoms in total. The SMILES string of the molecule is Cc1ccc(-c2nc(CCNC(=O)CCCc3nc(-c4ccc(F)cc4)no3)co2)cc1. The zero-order valence-electron chi connectivity index (χ0n) is 17.7. The van der Waals surface area contributed by atoms with E-state index in [-0.39, 0.29) is 11.7 Å². The summed E-state index contributed by atoms with van der Waals surface area (Å²) in [6.45, 7) is 2.51. The summed E-state index contributed by atoms with van der Waals surface area (Å²) < 4.78 is 23.8. The molecule has 0 saturated heterocycles. The second kappa shape index (κ2) is 10.00. The maximum absolute atomic E-state index is 13.0. The topological polar surface area (TPSA) is 94.1 Å². The molecule has 1 amide bonds. The standard InChI is InChI=1S/C24H23FN4O3/c1-16-5-7-18(8-6-16)24-27-20(15-31-24)13-14-26-21(30)3-2-4-22-28-23(29-32-22)17-9-11-19(25)12-10-17/h5-12,15H,2-4,13-14H2,1H3,(H,26,30). The van der Waals surface area contributed by atoms with Crippen LogP contribution in [0.2, 0.25) is 0 Å². The Kier molecular flexibility index (Phi) is 6.69. The van der Waals surface area contributed by atoms with Crippen molar-refractivity contribution < 1.29 is 18.1 Å². The van der Waals surface area contributed by atoms with Gasteiger partial charge in [0.15, 0.2) is 0 Å². The number of aromatic nitrogens is 3. The number of carbonyl (C=O) groups excluding carboxylic acids is 1. The van der Waals surface area contributed by atoms with Crippen molar-refractivity contribution in [3.8, 4) is 22.8 Å². The molecule has 4 aromatic rings. The number of oxazole rings is 1. The minimum atomic E-state index is -0.321. The van der Waals surface area contributed by atoms with Gasteiger partial charge < -0.3 is 14.3 Å². The first kappa shape index (κ1) is 21.4. The number of benzene rings is 2. The number of amides is 1. The Bertz CT molecular complexity index is 1070. The van der Waals surface area contributed by atoms with Crippen LogP contribution in [0.5, 0.6) is 0 Å². The van der Waals surface area contributed by atoms with Crippen LogP contribution in [0.3, 0.4) is 0 Å². The van der Waals surface area contributed by atoms with Gasteiger partial charge in [-0.15, -0.1) is 0 Å². The lowest BCUT2D eigenvalue weighted by Gasteiger charge is -2.02. The number of nitrogens with zero attached hydrogens (tertiary/aromatic N) is 3. The van der Waals surface area contributed by atoms with E-state index in [1.807, 2.05) is 31.2 Å². The lowest BCUT2D eigenvalue weighted by molar-refractivity contribution is -0.121. The highest BCUT2D eigenvalue weighted by Gasteiger charge is 2.11. The second-order valence-electron chi connectivity index (χ2n) is 7.48. The van der Waals surface area contributed by atoms with Crippen molar-refractivity contribution in [3.63, 3.8) is 0 Å². The van der Waals surface area contributed by atoms with Crippen LogP contribution >= 0.6 is 0 Å². The summed E-state index contributed by atoms with van der Waals surface area (Å²) in [4.78, 5) is 20.8. The smallest absolute Gasteiger partial charge is 0.226 e. The molecule has 0 atom stereocenters. The van der Waals surface area contributed by atoms with Crippen LogP contribution in [0, 0.1) is 12.7 Å². The van der Waals surface area contributed by atoms with E-state index in [0.29, 0.717) is 55.4 Å². The van der Waals surface area contributed by atoms with Crippen molar-refractivity contribution in [2.75, 3.05) is 6.54 Å². The zero-order valence-corrected chi connectivity index (χ0v) is 17.7. The molecule has 8 heteroatoms. The third kappa shape index (κ3) is 5.66. The van der Waals surface area contributed by atoms with Crippen LogP contribution in [0.25, 0.3) is 22.8 Å². The maximum Gasteiger partial charge on any atom is 0.226 e. The Morgan fingerprint density at radius 3 is 2.53 bits per heavy atom. The van der Waals surface area contributed by atoms with Crippen LogP contribution in [0.4, 0.5) is 4.39 Å². The third-order valence-corrected chi connectivity index (χ3v) is 4.92. The average molecular weight is 434 g/mol. The minimum Gasteiger partial charge on any atom is -0.444 e. The first-order chi connectivity index (χ1) is 15.6. The van der Waals surface area contributed by atoms with E-state index < -0.39 is 0 Å². The predicted molar refractivity (Wildman–Crippen MR) is 116 cm³/mol. The molecule has 4 rings (SSSR count). The highest BCUT2D eigenvalue weighted by molar-refractivity contribution is 5.75. The Hall–Kier alpha value is -3.81. The first-order valence-electron chi connectivity index (χ1n) is 10.4. The molecule has 0 spiro atoms. The van der Waals surface area contributed by atoms with Gasteiger partial charge in [0.1, 0.15) is 12.1 Å². The molecule has 0 aliphatic rings. The van der Waals surface area contributed by atoms with Gasteiger partial charge >= 0.3 is 0 Å². The van der Waals surface area contributed by atoms with Crippen LogP contribution in [-0.4, -0.2) is 27.6 Å². The van der Waals surface area contributed by atoms with Gasteiger partial charge in [0, 0.05) is 36.9 Å². The van der Waals surface area contributed by atoms with Crippen molar-refractivity contribution in [3.05, 3.63) is 77.8 Å². The quantitative estimate of drug-likeness (QED) is 0.416. The summed E-state index contributed by atoms with van der Waals surface area (Å²) in [5.74, 6) is 1.06. The monoisotopic (exact) mass is 434 g/mol. The molecule has 0 unspecified atom stereocenters. The molecule has 32 heavy (non-hydrogen) atoms. The van der Waals surface area contributed by atoms with E-state index in [4.69, 9.17) is 8.94 Å². The normalized spacial score (nSPS) is 10.9. The fourth-order valence-corrected chi connectivity index (χ4v) is 3.14. The van der Waals surface area contributed by atoms with E-state index in [1.54, 1.807) is 18.4 Å². The van der Waals surface area contributed by atoms with Crippen LogP contribution < -0.4 is 5.32 Å². The molecule has 0 saturated carbocycles. The van der Waals surface area contributed by atoms with Crippen LogP contribution in [-0.2, 0) is 17.6 Å². The summed E-state index contributed by atoms with van der Waals surface area (Å²) in [6, 6.07) is 13.8. The molecule has 2 heterocycles. The molecule has 1 N–H and O–H groups in total. The molecule has 2 aromatic heterocycles. The second-order valence-corrected chi connectivity index (χ2v) is 7.48. The van der Waals surface area contributed by atoms with E-state index in [1.165, 1.54) is 17.7 Å². The minimum absolute atomic E-state index is 0.0504. The molecule has 0 fully saturated rings. The van der Waals surface area contributed by atoms with Crippen molar-refractivity contribution in [2.45, 2.75) is 32.6 Å². The molecular formula is C24H23FN4O3. The summed E-state index contributed by atoms with van der Waals surface area (Å²) in [6.07, 6.45) is 3.63. The highest BCUT2D eigenvalue weighted by Crippen LogP contribution is 2.19. The van der Waals surface area contributed by atoms with E-state index in [2.05, 4.69) is 20.4 Å². The van der Waals surface area contributed by atoms with Crippen LogP contribution in [0.15, 0.2) is 63.7 Å². The predicted octanol–water partition coefficient (Wildman–Crippen LogP) is 4.52. The van der Waals surface area contributed by atoms with Crippen molar-refractivity contribution in [1.82, 2.24) is 20.4 Å². The van der Waals surface area contributed by atoms with Gasteiger partial charge in [-0.25, -0.2) is 9.37 Å². The Balaban J connectivity index is 1.17. The zero-order chi connectivity index (χ0) is 22.3. The first-order valence-corrected chi connectivity index (χ1v) is 10.4. The number of nitrogens with one attached hydrogen (secondary N) is 1. The Labute approximate surface area is 184 Å². The number of halogens is 1. The number of rotatable bonds is 9. The fourth-order valence-electron chi connectivity index (χ4n) is 3.14. The number of hydrogen-bond acceptors (Lipinski definition) is 6. The van der Waals surface area contributed by atoms with E-state index in [9.17, 15) is 9.18 Å². The summed E-state index contributed by atoms with van der Waals surface area (Å²) in [7, 11) is 0. The van der Waals surface area contributed by atoms with Gasteiger partial charge in [0.25, 0.3) is 0 Å². The molecule has 0 radical (unpaired) electrons. The van der Waals surface area contributed by atoms with E-state index >= 15 is 0 Å². The molecule has 2 aromatic carbocycles. The van der Waals surface area contributed by atoms with Gasteiger partial charge in [-0.3, -0.25) is 4.79 Å². The number of aryl methyl sites for hydroxylation is 2. The third-order valence-electron chi connectivity index (χ3n) is 4.92. The van der Waals surface area contributed by atoms with Gasteiger partial charge in [-0.05, 0) is 49.7 Å². The number of carbonyl (C=O) groups is 1. The van der Waals surface area contributed by atoms with Gasteiger partial charge in [0.05, 0.1) is 5.69 Å². The molecular weight excluding hydrogens is 411 g/mol.